The van der Waals surface area contributed by atoms with E-state index in [1.54, 1.807) is 24.5 Å². The number of benzene rings is 1. The molecule has 8 heteroatoms. The van der Waals surface area contributed by atoms with Crippen LogP contribution in [0.15, 0.2) is 53.7 Å². The van der Waals surface area contributed by atoms with Crippen LogP contribution >= 0.6 is 0 Å². The highest BCUT2D eigenvalue weighted by Crippen LogP contribution is 2.23. The minimum Gasteiger partial charge on any atom is -0.497 e. The second-order valence-corrected chi connectivity index (χ2v) is 8.27. The summed E-state index contributed by atoms with van der Waals surface area (Å²) in [5.74, 6) is -0.240. The summed E-state index contributed by atoms with van der Waals surface area (Å²) in [6, 6.07) is 9.98. The number of aliphatic carboxylic acids is 1. The zero-order valence-corrected chi connectivity index (χ0v) is 16.7. The molecule has 0 radical (unpaired) electrons. The molecule has 2 N–H and O–H groups in total. The highest BCUT2D eigenvalue weighted by molar-refractivity contribution is 7.89. The molecule has 1 unspecified atom stereocenters. The highest BCUT2D eigenvalue weighted by Gasteiger charge is 2.18. The van der Waals surface area contributed by atoms with Gasteiger partial charge in [0.15, 0.2) is 0 Å². The molecule has 0 fully saturated rings. The summed E-state index contributed by atoms with van der Waals surface area (Å²) in [6.07, 6.45) is 6.54. The molecule has 0 aliphatic carbocycles. The summed E-state index contributed by atoms with van der Waals surface area (Å²) >= 11 is 0. The first kappa shape index (κ1) is 21.8. The Bertz CT molecular complexity index is 839. The smallest absolute Gasteiger partial charge is 0.303 e. The molecule has 0 amide bonds. The molecule has 0 saturated carbocycles. The van der Waals surface area contributed by atoms with E-state index >= 15 is 0 Å². The number of rotatable bonds is 12. The van der Waals surface area contributed by atoms with E-state index in [2.05, 4.69) is 9.71 Å². The van der Waals surface area contributed by atoms with Crippen LogP contribution in [0.3, 0.4) is 0 Å². The molecule has 0 aliphatic rings. The first-order chi connectivity index (χ1) is 13.4. The van der Waals surface area contributed by atoms with Crippen molar-refractivity contribution in [3.05, 3.63) is 54.4 Å². The molecule has 2 rings (SSSR count). The lowest BCUT2D eigenvalue weighted by molar-refractivity contribution is -0.137. The zero-order valence-electron chi connectivity index (χ0n) is 15.9. The molecule has 1 heterocycles. The average Bonchev–Trinajstić information content (AvgIpc) is 2.70. The van der Waals surface area contributed by atoms with E-state index in [-0.39, 0.29) is 23.8 Å². The van der Waals surface area contributed by atoms with Crippen LogP contribution in [-0.4, -0.2) is 38.1 Å². The average molecular weight is 407 g/mol. The van der Waals surface area contributed by atoms with E-state index < -0.39 is 16.0 Å². The summed E-state index contributed by atoms with van der Waals surface area (Å²) in [5.41, 5.74) is 0.957. The van der Waals surface area contributed by atoms with Gasteiger partial charge in [0.05, 0.1) is 12.0 Å². The van der Waals surface area contributed by atoms with E-state index in [9.17, 15) is 13.2 Å². The third kappa shape index (κ3) is 6.94. The van der Waals surface area contributed by atoms with Crippen LogP contribution in [0.1, 0.15) is 43.6 Å². The number of carboxylic acid groups (broad SMARTS) is 1. The Morgan fingerprint density at radius 1 is 1.18 bits per heavy atom. The van der Waals surface area contributed by atoms with E-state index in [4.69, 9.17) is 9.84 Å². The molecule has 1 aromatic heterocycles. The topological polar surface area (TPSA) is 106 Å². The van der Waals surface area contributed by atoms with Crippen molar-refractivity contribution < 1.29 is 23.1 Å². The highest BCUT2D eigenvalue weighted by atomic mass is 32.2. The van der Waals surface area contributed by atoms with Crippen LogP contribution in [0.25, 0.3) is 0 Å². The molecule has 152 valence electrons. The van der Waals surface area contributed by atoms with Gasteiger partial charge in [-0.1, -0.05) is 18.9 Å². The van der Waals surface area contributed by atoms with Gasteiger partial charge in [-0.3, -0.25) is 9.78 Å². The minimum absolute atomic E-state index is 0.0356. The predicted molar refractivity (Wildman–Crippen MR) is 106 cm³/mol. The fourth-order valence-electron chi connectivity index (χ4n) is 2.90. The van der Waals surface area contributed by atoms with Crippen LogP contribution in [0, 0.1) is 0 Å². The van der Waals surface area contributed by atoms with Gasteiger partial charge in [0.2, 0.25) is 10.0 Å². The first-order valence-electron chi connectivity index (χ1n) is 9.18. The van der Waals surface area contributed by atoms with Crippen molar-refractivity contribution in [2.75, 3.05) is 13.7 Å². The van der Waals surface area contributed by atoms with Crippen LogP contribution < -0.4 is 9.46 Å². The number of aromatic nitrogens is 1. The van der Waals surface area contributed by atoms with Crippen molar-refractivity contribution >= 4 is 16.0 Å². The molecule has 28 heavy (non-hydrogen) atoms. The number of nitrogens with one attached hydrogen (secondary N) is 1. The maximum Gasteiger partial charge on any atom is 0.303 e. The maximum absolute atomic E-state index is 12.6. The molecule has 2 aromatic rings. The number of unbranched alkanes of at least 4 members (excludes halogenated alkanes) is 2. The van der Waals surface area contributed by atoms with E-state index in [1.807, 2.05) is 12.1 Å². The summed E-state index contributed by atoms with van der Waals surface area (Å²) in [7, 11) is -2.11. The zero-order chi connectivity index (χ0) is 20.4. The van der Waals surface area contributed by atoms with Crippen molar-refractivity contribution in [1.82, 2.24) is 9.71 Å². The van der Waals surface area contributed by atoms with Crippen molar-refractivity contribution in [1.29, 1.82) is 0 Å². The Hall–Kier alpha value is -2.45. The molecule has 1 atom stereocenters. The lowest BCUT2D eigenvalue weighted by atomic mass is 9.94. The van der Waals surface area contributed by atoms with Gasteiger partial charge in [0, 0.05) is 25.4 Å². The van der Waals surface area contributed by atoms with Crippen molar-refractivity contribution in [2.24, 2.45) is 0 Å². The Labute approximate surface area is 165 Å². The maximum atomic E-state index is 12.6. The van der Waals surface area contributed by atoms with Crippen molar-refractivity contribution in [3.63, 3.8) is 0 Å². The summed E-state index contributed by atoms with van der Waals surface area (Å²) in [6.45, 7) is 0.249. The van der Waals surface area contributed by atoms with Gasteiger partial charge in [-0.25, -0.2) is 13.1 Å². The fourth-order valence-corrected chi connectivity index (χ4v) is 3.98. The second kappa shape index (κ2) is 10.8. The Kier molecular flexibility index (Phi) is 8.41. The van der Waals surface area contributed by atoms with Crippen LogP contribution in [-0.2, 0) is 14.8 Å². The third-order valence-electron chi connectivity index (χ3n) is 4.49. The van der Waals surface area contributed by atoms with Crippen LogP contribution in [0.5, 0.6) is 5.75 Å². The molecule has 0 spiro atoms. The molecule has 0 aliphatic heterocycles. The van der Waals surface area contributed by atoms with Crippen molar-refractivity contribution in [2.45, 2.75) is 42.9 Å². The molecular formula is C20H26N2O5S. The van der Waals surface area contributed by atoms with Crippen molar-refractivity contribution in [3.8, 4) is 5.75 Å². The summed E-state index contributed by atoms with van der Waals surface area (Å²) in [4.78, 5) is 14.9. The van der Waals surface area contributed by atoms with Gasteiger partial charge in [0.1, 0.15) is 5.75 Å². The Morgan fingerprint density at radius 3 is 2.54 bits per heavy atom. The second-order valence-electron chi connectivity index (χ2n) is 6.50. The molecular weight excluding hydrogens is 380 g/mol. The van der Waals surface area contributed by atoms with Gasteiger partial charge in [-0.15, -0.1) is 0 Å². The number of methoxy groups -OCH3 is 1. The number of carboxylic acids is 1. The number of hydrogen-bond donors (Lipinski definition) is 2. The Balaban J connectivity index is 1.99. The first-order valence-corrected chi connectivity index (χ1v) is 10.7. The summed E-state index contributed by atoms with van der Waals surface area (Å²) in [5, 5.41) is 8.72. The Morgan fingerprint density at radius 2 is 1.93 bits per heavy atom. The van der Waals surface area contributed by atoms with Gasteiger partial charge >= 0.3 is 5.97 Å². The quantitative estimate of drug-likeness (QED) is 0.525. The lowest BCUT2D eigenvalue weighted by Crippen LogP contribution is -2.28. The van der Waals surface area contributed by atoms with Gasteiger partial charge < -0.3 is 9.84 Å². The number of ether oxygens (including phenoxy) is 1. The van der Waals surface area contributed by atoms with E-state index in [1.165, 1.54) is 19.2 Å². The van der Waals surface area contributed by atoms with Gasteiger partial charge in [-0.2, -0.15) is 0 Å². The van der Waals surface area contributed by atoms with Crippen LogP contribution in [0.4, 0.5) is 0 Å². The van der Waals surface area contributed by atoms with Crippen LogP contribution in [0.2, 0.25) is 0 Å². The summed E-state index contributed by atoms with van der Waals surface area (Å²) < 4.78 is 32.9. The fraction of sp³-hybridized carbons (Fsp3) is 0.400. The number of hydrogen-bond acceptors (Lipinski definition) is 5. The molecule has 1 aromatic carbocycles. The normalized spacial score (nSPS) is 12.5. The number of nitrogens with zero attached hydrogens (tertiary/aromatic N) is 1. The van der Waals surface area contributed by atoms with Gasteiger partial charge in [-0.05, 0) is 54.7 Å². The number of carbonyl (C=O) groups is 1. The standard InChI is InChI=1S/C20H26N2O5S/c1-27-18-9-11-19(12-10-18)28(25,26)22-15-17(16-7-5-13-21-14-16)6-3-2-4-8-20(23)24/h5,7,9-14,17,22H,2-4,6,8,15H2,1H3,(H,23,24). The van der Waals surface area contributed by atoms with E-state index in [0.717, 1.165) is 24.8 Å². The lowest BCUT2D eigenvalue weighted by Gasteiger charge is -2.18. The number of sulfonamides is 1. The molecule has 0 bridgehead atoms. The van der Waals surface area contributed by atoms with Gasteiger partial charge in [0.25, 0.3) is 0 Å². The number of pyridine rings is 1. The SMILES string of the molecule is COc1ccc(S(=O)(=O)NCC(CCCCCC(=O)O)c2cccnc2)cc1. The monoisotopic (exact) mass is 406 g/mol. The largest absolute Gasteiger partial charge is 0.497 e. The molecule has 0 saturated heterocycles. The third-order valence-corrected chi connectivity index (χ3v) is 5.93. The van der Waals surface area contributed by atoms with E-state index in [0.29, 0.717) is 12.2 Å². The molecule has 7 nitrogen and oxygen atoms in total. The predicted octanol–water partition coefficient (Wildman–Crippen LogP) is 3.19. The minimum atomic E-state index is -3.64.